The molecular weight excluding hydrogens is 314 g/mol. The molecule has 4 nitrogen and oxygen atoms in total. The molecule has 0 bridgehead atoms. The van der Waals surface area contributed by atoms with E-state index in [-0.39, 0.29) is 24.0 Å². The molecule has 134 valence electrons. The van der Waals surface area contributed by atoms with Gasteiger partial charge in [0, 0.05) is 0 Å². The number of para-hydroxylation sites is 1. The van der Waals surface area contributed by atoms with Gasteiger partial charge in [-0.2, -0.15) is 0 Å². The zero-order valence-electron chi connectivity index (χ0n) is 15.6. The lowest BCUT2D eigenvalue weighted by Gasteiger charge is -2.23. The molecule has 25 heavy (non-hydrogen) atoms. The second-order valence-electron chi connectivity index (χ2n) is 7.10. The number of carbonyl (C=O) groups excluding carboxylic acids is 1. The van der Waals surface area contributed by atoms with Crippen LogP contribution in [0.3, 0.4) is 0 Å². The van der Waals surface area contributed by atoms with Crippen molar-refractivity contribution in [3.63, 3.8) is 0 Å². The van der Waals surface area contributed by atoms with Crippen LogP contribution in [0.25, 0.3) is 0 Å². The van der Waals surface area contributed by atoms with Crippen LogP contribution in [0.15, 0.2) is 48.5 Å². The van der Waals surface area contributed by atoms with E-state index in [1.54, 1.807) is 7.11 Å². The van der Waals surface area contributed by atoms with Gasteiger partial charge in [0.2, 0.25) is 0 Å². The summed E-state index contributed by atoms with van der Waals surface area (Å²) >= 11 is 0. The molecule has 1 N–H and O–H groups in total. The van der Waals surface area contributed by atoms with Gasteiger partial charge < -0.3 is 14.8 Å². The molecule has 0 fully saturated rings. The Morgan fingerprint density at radius 1 is 1.08 bits per heavy atom. The third kappa shape index (κ3) is 5.24. The zero-order valence-corrected chi connectivity index (χ0v) is 15.6. The Labute approximate surface area is 150 Å². The SMILES string of the molecule is COc1ccc(C(C)NC(=O)COc2ccccc2C(C)(C)C)cc1. The van der Waals surface area contributed by atoms with Crippen molar-refractivity contribution in [3.8, 4) is 11.5 Å². The molecule has 0 aliphatic rings. The Morgan fingerprint density at radius 3 is 2.32 bits per heavy atom. The fourth-order valence-electron chi connectivity index (χ4n) is 2.61. The zero-order chi connectivity index (χ0) is 18.4. The summed E-state index contributed by atoms with van der Waals surface area (Å²) in [7, 11) is 1.63. The third-order valence-electron chi connectivity index (χ3n) is 4.05. The van der Waals surface area contributed by atoms with Crippen molar-refractivity contribution in [3.05, 3.63) is 59.7 Å². The second-order valence-corrected chi connectivity index (χ2v) is 7.10. The number of rotatable bonds is 6. The first-order chi connectivity index (χ1) is 11.8. The van der Waals surface area contributed by atoms with Crippen molar-refractivity contribution in [2.75, 3.05) is 13.7 Å². The highest BCUT2D eigenvalue weighted by Crippen LogP contribution is 2.30. The lowest BCUT2D eigenvalue weighted by molar-refractivity contribution is -0.123. The number of ether oxygens (including phenoxy) is 2. The monoisotopic (exact) mass is 341 g/mol. The summed E-state index contributed by atoms with van der Waals surface area (Å²) in [5, 5.41) is 2.96. The molecule has 1 unspecified atom stereocenters. The summed E-state index contributed by atoms with van der Waals surface area (Å²) in [6.07, 6.45) is 0. The molecule has 0 radical (unpaired) electrons. The second kappa shape index (κ2) is 8.06. The van der Waals surface area contributed by atoms with Crippen LogP contribution in [0.5, 0.6) is 11.5 Å². The van der Waals surface area contributed by atoms with Gasteiger partial charge in [-0.3, -0.25) is 4.79 Å². The molecule has 0 aromatic heterocycles. The van der Waals surface area contributed by atoms with Gasteiger partial charge in [0.1, 0.15) is 11.5 Å². The summed E-state index contributed by atoms with van der Waals surface area (Å²) in [6, 6.07) is 15.4. The highest BCUT2D eigenvalue weighted by Gasteiger charge is 2.19. The van der Waals surface area contributed by atoms with E-state index in [2.05, 4.69) is 26.1 Å². The normalized spacial score (nSPS) is 12.4. The molecule has 0 saturated carbocycles. The highest BCUT2D eigenvalue weighted by atomic mass is 16.5. The number of carbonyl (C=O) groups is 1. The van der Waals surface area contributed by atoms with E-state index < -0.39 is 0 Å². The summed E-state index contributed by atoms with van der Waals surface area (Å²) in [5.41, 5.74) is 2.07. The fourth-order valence-corrected chi connectivity index (χ4v) is 2.61. The Morgan fingerprint density at radius 2 is 1.72 bits per heavy atom. The van der Waals surface area contributed by atoms with Crippen molar-refractivity contribution >= 4 is 5.91 Å². The molecule has 4 heteroatoms. The lowest BCUT2D eigenvalue weighted by atomic mass is 9.86. The van der Waals surface area contributed by atoms with E-state index >= 15 is 0 Å². The maximum Gasteiger partial charge on any atom is 0.258 e. The molecule has 0 aliphatic heterocycles. The standard InChI is InChI=1S/C21H27NO3/c1-15(16-10-12-17(24-5)13-11-16)22-20(23)14-25-19-9-7-6-8-18(19)21(2,3)4/h6-13,15H,14H2,1-5H3,(H,22,23). The van der Waals surface area contributed by atoms with Crippen molar-refractivity contribution < 1.29 is 14.3 Å². The quantitative estimate of drug-likeness (QED) is 0.854. The number of nitrogens with one attached hydrogen (secondary N) is 1. The number of methoxy groups -OCH3 is 1. The van der Waals surface area contributed by atoms with Gasteiger partial charge in [-0.25, -0.2) is 0 Å². The first-order valence-electron chi connectivity index (χ1n) is 8.47. The average Bonchev–Trinajstić information content (AvgIpc) is 2.59. The van der Waals surface area contributed by atoms with Crippen LogP contribution < -0.4 is 14.8 Å². The van der Waals surface area contributed by atoms with Gasteiger partial charge >= 0.3 is 0 Å². The van der Waals surface area contributed by atoms with Crippen LogP contribution in [-0.2, 0) is 10.2 Å². The topological polar surface area (TPSA) is 47.6 Å². The van der Waals surface area contributed by atoms with E-state index in [0.29, 0.717) is 0 Å². The molecule has 0 heterocycles. The summed E-state index contributed by atoms with van der Waals surface area (Å²) in [4.78, 5) is 12.2. The van der Waals surface area contributed by atoms with Gasteiger partial charge in [0.25, 0.3) is 5.91 Å². The first-order valence-corrected chi connectivity index (χ1v) is 8.47. The molecule has 2 aromatic carbocycles. The number of hydrogen-bond donors (Lipinski definition) is 1. The van der Waals surface area contributed by atoms with Gasteiger partial charge in [-0.15, -0.1) is 0 Å². The molecule has 2 rings (SSSR count). The minimum atomic E-state index is -0.146. The Hall–Kier alpha value is -2.49. The van der Waals surface area contributed by atoms with E-state index in [9.17, 15) is 4.79 Å². The smallest absolute Gasteiger partial charge is 0.258 e. The van der Waals surface area contributed by atoms with E-state index in [1.165, 1.54) is 0 Å². The molecule has 1 atom stereocenters. The van der Waals surface area contributed by atoms with Crippen molar-refractivity contribution in [2.24, 2.45) is 0 Å². The molecule has 0 saturated heterocycles. The maximum absolute atomic E-state index is 12.2. The van der Waals surface area contributed by atoms with E-state index in [4.69, 9.17) is 9.47 Å². The van der Waals surface area contributed by atoms with Crippen LogP contribution in [-0.4, -0.2) is 19.6 Å². The van der Waals surface area contributed by atoms with Gasteiger partial charge in [-0.05, 0) is 41.7 Å². The van der Waals surface area contributed by atoms with Crippen LogP contribution in [0.4, 0.5) is 0 Å². The molecule has 0 spiro atoms. The van der Waals surface area contributed by atoms with Crippen LogP contribution in [0.2, 0.25) is 0 Å². The minimum Gasteiger partial charge on any atom is -0.497 e. The summed E-state index contributed by atoms with van der Waals surface area (Å²) < 4.78 is 10.9. The van der Waals surface area contributed by atoms with Crippen molar-refractivity contribution in [2.45, 2.75) is 39.2 Å². The molecule has 2 aromatic rings. The van der Waals surface area contributed by atoms with E-state index in [1.807, 2.05) is 55.5 Å². The number of hydrogen-bond acceptors (Lipinski definition) is 3. The van der Waals surface area contributed by atoms with Crippen LogP contribution in [0.1, 0.15) is 44.9 Å². The Bertz CT molecular complexity index is 702. The van der Waals surface area contributed by atoms with E-state index in [0.717, 1.165) is 22.6 Å². The third-order valence-corrected chi connectivity index (χ3v) is 4.05. The van der Waals surface area contributed by atoms with Crippen molar-refractivity contribution in [1.29, 1.82) is 0 Å². The molecule has 1 amide bonds. The minimum absolute atomic E-state index is 0.00636. The molecular formula is C21H27NO3. The lowest BCUT2D eigenvalue weighted by Crippen LogP contribution is -2.31. The van der Waals surface area contributed by atoms with Gasteiger partial charge in [-0.1, -0.05) is 51.1 Å². The average molecular weight is 341 g/mol. The largest absolute Gasteiger partial charge is 0.497 e. The number of amides is 1. The first kappa shape index (κ1) is 18.8. The van der Waals surface area contributed by atoms with Crippen LogP contribution in [0, 0.1) is 0 Å². The Kier molecular flexibility index (Phi) is 6.07. The fraction of sp³-hybridized carbons (Fsp3) is 0.381. The highest BCUT2D eigenvalue weighted by molar-refractivity contribution is 5.78. The summed E-state index contributed by atoms with van der Waals surface area (Å²) in [6.45, 7) is 8.32. The van der Waals surface area contributed by atoms with Crippen molar-refractivity contribution in [1.82, 2.24) is 5.32 Å². The van der Waals surface area contributed by atoms with Crippen LogP contribution >= 0.6 is 0 Å². The maximum atomic E-state index is 12.2. The molecule has 0 aliphatic carbocycles. The number of benzene rings is 2. The summed E-state index contributed by atoms with van der Waals surface area (Å²) in [5.74, 6) is 1.40. The Balaban J connectivity index is 1.94. The van der Waals surface area contributed by atoms with Gasteiger partial charge in [0.15, 0.2) is 6.61 Å². The predicted molar refractivity (Wildman–Crippen MR) is 100 cm³/mol. The predicted octanol–water partition coefficient (Wildman–Crippen LogP) is 4.25. The van der Waals surface area contributed by atoms with Gasteiger partial charge in [0.05, 0.1) is 13.2 Å².